The van der Waals surface area contributed by atoms with E-state index < -0.39 is 12.2 Å². The van der Waals surface area contributed by atoms with Crippen molar-refractivity contribution >= 4 is 11.8 Å². The van der Waals surface area contributed by atoms with Gasteiger partial charge in [-0.2, -0.15) is 0 Å². The maximum atomic E-state index is 13.0. The van der Waals surface area contributed by atoms with Crippen LogP contribution >= 0.6 is 0 Å². The maximum absolute atomic E-state index is 13.0. The van der Waals surface area contributed by atoms with Gasteiger partial charge < -0.3 is 19.7 Å². The Kier molecular flexibility index (Phi) is 9.73. The summed E-state index contributed by atoms with van der Waals surface area (Å²) in [5.74, 6) is 0.703. The number of nitrogens with one attached hydrogen (secondary N) is 1. The lowest BCUT2D eigenvalue weighted by Gasteiger charge is -2.21. The molecule has 1 fully saturated rings. The molecular weight excluding hydrogens is 439 g/mol. The van der Waals surface area contributed by atoms with E-state index in [0.29, 0.717) is 30.3 Å². The molecule has 7 nitrogen and oxygen atoms in total. The summed E-state index contributed by atoms with van der Waals surface area (Å²) in [7, 11) is 0. The van der Waals surface area contributed by atoms with Crippen molar-refractivity contribution in [3.63, 3.8) is 0 Å². The summed E-state index contributed by atoms with van der Waals surface area (Å²) in [5.41, 5.74) is 1.26. The monoisotopic (exact) mass is 472 g/mol. The van der Waals surface area contributed by atoms with E-state index in [1.54, 1.807) is 30.3 Å². The summed E-state index contributed by atoms with van der Waals surface area (Å²) in [4.78, 5) is 13.0. The fraction of sp³-hybridized carbons (Fsp3) is 0.423. The van der Waals surface area contributed by atoms with Crippen LogP contribution in [0.25, 0.3) is 0 Å². The summed E-state index contributed by atoms with van der Waals surface area (Å²) in [5, 5.41) is 21.5. The number of aliphatic hydroxyl groups is 1. The van der Waals surface area contributed by atoms with Crippen LogP contribution in [0.4, 0.5) is 14.9 Å². The van der Waals surface area contributed by atoms with Gasteiger partial charge in [-0.1, -0.05) is 18.2 Å². The van der Waals surface area contributed by atoms with Crippen LogP contribution in [0, 0.1) is 12.7 Å². The van der Waals surface area contributed by atoms with Crippen molar-refractivity contribution in [2.75, 3.05) is 31.6 Å². The quantitative estimate of drug-likeness (QED) is 0.476. The van der Waals surface area contributed by atoms with Gasteiger partial charge in [0, 0.05) is 19.6 Å². The molecule has 0 spiro atoms. The number of ether oxygens (including phenoxy) is 2. The molecule has 1 aliphatic heterocycles. The minimum atomic E-state index is -1.18. The lowest BCUT2D eigenvalue weighted by Crippen LogP contribution is -2.35. The first-order valence-electron chi connectivity index (χ1n) is 11.6. The molecule has 1 saturated heterocycles. The number of hydrogen-bond donors (Lipinski definition) is 3. The molecule has 8 heteroatoms. The predicted octanol–water partition coefficient (Wildman–Crippen LogP) is 4.84. The Labute approximate surface area is 199 Å². The molecule has 3 N–H and O–H groups in total. The Morgan fingerprint density at radius 2 is 1.94 bits per heavy atom. The topological polar surface area (TPSA) is 91.3 Å². The molecule has 0 saturated carbocycles. The summed E-state index contributed by atoms with van der Waals surface area (Å²) in [6, 6.07) is 11.1. The van der Waals surface area contributed by atoms with Gasteiger partial charge in [-0.3, -0.25) is 10.2 Å². The van der Waals surface area contributed by atoms with Gasteiger partial charge in [-0.05, 0) is 74.6 Å². The van der Waals surface area contributed by atoms with Crippen LogP contribution in [-0.2, 0) is 0 Å². The lowest BCUT2D eigenvalue weighted by molar-refractivity contribution is 0.0722. The second kappa shape index (κ2) is 13.0. The van der Waals surface area contributed by atoms with Crippen LogP contribution < -0.4 is 14.8 Å². The lowest BCUT2D eigenvalue weighted by atomic mass is 10.2. The van der Waals surface area contributed by atoms with Crippen molar-refractivity contribution < 1.29 is 28.9 Å². The predicted molar refractivity (Wildman–Crippen MR) is 129 cm³/mol. The Balaban J connectivity index is 0.000000574. The van der Waals surface area contributed by atoms with Crippen LogP contribution in [0.1, 0.15) is 31.2 Å². The van der Waals surface area contributed by atoms with Crippen LogP contribution in [0.3, 0.4) is 0 Å². The highest BCUT2D eigenvalue weighted by Crippen LogP contribution is 2.26. The number of anilines is 1. The molecule has 1 amide bonds. The molecule has 0 bridgehead atoms. The largest absolute Gasteiger partial charge is 0.489 e. The summed E-state index contributed by atoms with van der Waals surface area (Å²) in [6.07, 6.45) is 7.38. The average molecular weight is 473 g/mol. The Hall–Kier alpha value is -3.10. The second-order valence-electron chi connectivity index (χ2n) is 8.54. The first-order chi connectivity index (χ1) is 16.4. The molecule has 1 heterocycles. The van der Waals surface area contributed by atoms with Gasteiger partial charge in [0.25, 0.3) is 0 Å². The number of β-amino-alcohol motifs (C(OH)–C–C–N with tert-alkyl or cyclic N) is 1. The molecule has 4 rings (SSSR count). The number of likely N-dealkylation sites (tertiary alicyclic amines) is 1. The summed E-state index contributed by atoms with van der Waals surface area (Å²) < 4.78 is 24.5. The number of aliphatic hydroxyl groups excluding tert-OH is 1. The van der Waals surface area contributed by atoms with Crippen LogP contribution in [0.5, 0.6) is 11.5 Å². The smallest absolute Gasteiger partial charge is 0.409 e. The minimum absolute atomic E-state index is 0.0169. The van der Waals surface area contributed by atoms with E-state index >= 15 is 0 Å². The number of rotatable bonds is 8. The van der Waals surface area contributed by atoms with Crippen molar-refractivity contribution in [2.24, 2.45) is 0 Å². The normalized spacial score (nSPS) is 18.1. The van der Waals surface area contributed by atoms with E-state index in [1.807, 2.05) is 6.92 Å². The zero-order chi connectivity index (χ0) is 24.3. The highest BCUT2D eigenvalue weighted by atomic mass is 19.1. The van der Waals surface area contributed by atoms with Crippen molar-refractivity contribution in [1.29, 1.82) is 0 Å². The van der Waals surface area contributed by atoms with Crippen LogP contribution in [0.15, 0.2) is 54.6 Å². The van der Waals surface area contributed by atoms with Crippen LogP contribution in [0.2, 0.25) is 0 Å². The maximum Gasteiger partial charge on any atom is 0.409 e. The molecular formula is C26H33FN2O5. The Morgan fingerprint density at radius 1 is 1.21 bits per heavy atom. The van der Waals surface area contributed by atoms with Gasteiger partial charge in [0.05, 0.1) is 5.69 Å². The number of allylic oxidation sites excluding steroid dienone is 2. The highest BCUT2D eigenvalue weighted by Gasteiger charge is 2.26. The summed E-state index contributed by atoms with van der Waals surface area (Å²) in [6.45, 7) is 3.76. The SMILES string of the molecule is C1=CCCC1.Cc1ccc(NC(=O)O)c(OCC(O)CN2CCC(Oc3ccc(F)cc3)C2)c1. The van der Waals surface area contributed by atoms with Crippen LogP contribution in [-0.4, -0.2) is 59.7 Å². The van der Waals surface area contributed by atoms with E-state index in [1.165, 1.54) is 31.4 Å². The number of aryl methyl sites for hydroxylation is 1. The molecule has 2 aromatic carbocycles. The van der Waals surface area contributed by atoms with Crippen molar-refractivity contribution in [2.45, 2.75) is 44.8 Å². The molecule has 34 heavy (non-hydrogen) atoms. The van der Waals surface area contributed by atoms with Crippen molar-refractivity contribution in [1.82, 2.24) is 4.90 Å². The van der Waals surface area contributed by atoms with E-state index in [2.05, 4.69) is 22.4 Å². The fourth-order valence-electron chi connectivity index (χ4n) is 3.86. The zero-order valence-corrected chi connectivity index (χ0v) is 19.5. The number of carboxylic acid groups (broad SMARTS) is 1. The van der Waals surface area contributed by atoms with E-state index in [4.69, 9.17) is 14.6 Å². The molecule has 0 radical (unpaired) electrons. The van der Waals surface area contributed by atoms with Gasteiger partial charge in [0.15, 0.2) is 0 Å². The molecule has 0 aromatic heterocycles. The van der Waals surface area contributed by atoms with Gasteiger partial charge in [0.2, 0.25) is 0 Å². The summed E-state index contributed by atoms with van der Waals surface area (Å²) >= 11 is 0. The first kappa shape index (κ1) is 25.5. The van der Waals surface area contributed by atoms with E-state index in [9.17, 15) is 14.3 Å². The molecule has 2 unspecified atom stereocenters. The third kappa shape index (κ3) is 8.68. The molecule has 2 aromatic rings. The number of hydrogen-bond acceptors (Lipinski definition) is 5. The average Bonchev–Trinajstić information content (AvgIpc) is 3.51. The Morgan fingerprint density at radius 3 is 2.59 bits per heavy atom. The Bertz CT molecular complexity index is 945. The highest BCUT2D eigenvalue weighted by molar-refractivity contribution is 5.85. The minimum Gasteiger partial charge on any atom is -0.489 e. The standard InChI is InChI=1S/C21H25FN2O5.C5H8/c1-14-2-7-19(23-21(26)27)20(10-14)28-13-16(25)11-24-9-8-18(12-24)29-17-5-3-15(22)4-6-17;1-2-4-5-3-1/h2-7,10,16,18,23,25H,8-9,11-13H2,1H3,(H,26,27);1-2H,3-5H2. The van der Waals surface area contributed by atoms with Gasteiger partial charge in [-0.15, -0.1) is 0 Å². The molecule has 1 aliphatic carbocycles. The van der Waals surface area contributed by atoms with E-state index in [0.717, 1.165) is 18.5 Å². The van der Waals surface area contributed by atoms with Crippen molar-refractivity contribution in [3.8, 4) is 11.5 Å². The van der Waals surface area contributed by atoms with Gasteiger partial charge in [0.1, 0.15) is 36.1 Å². The zero-order valence-electron chi connectivity index (χ0n) is 19.5. The number of carbonyl (C=O) groups is 1. The fourth-order valence-corrected chi connectivity index (χ4v) is 3.86. The molecule has 184 valence electrons. The van der Waals surface area contributed by atoms with Gasteiger partial charge >= 0.3 is 6.09 Å². The van der Waals surface area contributed by atoms with Gasteiger partial charge in [-0.25, -0.2) is 9.18 Å². The number of halogens is 1. The molecule has 2 atom stereocenters. The first-order valence-corrected chi connectivity index (χ1v) is 11.6. The van der Waals surface area contributed by atoms with Crippen molar-refractivity contribution in [3.05, 3.63) is 66.0 Å². The number of amides is 1. The second-order valence-corrected chi connectivity index (χ2v) is 8.54. The third-order valence-electron chi connectivity index (χ3n) is 5.53. The molecule has 2 aliphatic rings. The number of nitrogens with zero attached hydrogens (tertiary/aromatic N) is 1. The third-order valence-corrected chi connectivity index (χ3v) is 5.53. The van der Waals surface area contributed by atoms with E-state index in [-0.39, 0.29) is 18.5 Å². The number of benzene rings is 2.